The molecule has 2 heterocycles. The van der Waals surface area contributed by atoms with Crippen molar-refractivity contribution >= 4 is 21.6 Å². The van der Waals surface area contributed by atoms with Crippen molar-refractivity contribution in [1.29, 1.82) is 0 Å². The van der Waals surface area contributed by atoms with Gasteiger partial charge in [0, 0.05) is 27.7 Å². The number of rotatable bonds is 2. The van der Waals surface area contributed by atoms with E-state index in [4.69, 9.17) is 0 Å². The van der Waals surface area contributed by atoms with Crippen LogP contribution < -0.4 is 5.56 Å². The van der Waals surface area contributed by atoms with Crippen LogP contribution in [-0.4, -0.2) is 14.6 Å². The maximum absolute atomic E-state index is 13.1. The van der Waals surface area contributed by atoms with Gasteiger partial charge in [0.15, 0.2) is 5.65 Å². The van der Waals surface area contributed by atoms with Gasteiger partial charge in [0.2, 0.25) is 0 Å². The second-order valence-electron chi connectivity index (χ2n) is 6.65. The number of hydrogen-bond acceptors (Lipinski definition) is 2. The van der Waals surface area contributed by atoms with E-state index in [2.05, 4.69) is 26.0 Å². The van der Waals surface area contributed by atoms with E-state index < -0.39 is 34.6 Å². The molecule has 0 aliphatic carbocycles. The van der Waals surface area contributed by atoms with Crippen molar-refractivity contribution in [2.24, 2.45) is 0 Å². The normalized spacial score (nSPS) is 12.5. The Morgan fingerprint density at radius 3 is 2.06 bits per heavy atom. The minimum absolute atomic E-state index is 0.0244. The van der Waals surface area contributed by atoms with Crippen molar-refractivity contribution in [2.75, 3.05) is 0 Å². The molecular weight excluding hydrogens is 492 g/mol. The number of aromatic nitrogens is 3. The van der Waals surface area contributed by atoms with Crippen LogP contribution in [0.4, 0.5) is 26.3 Å². The van der Waals surface area contributed by atoms with Gasteiger partial charge < -0.3 is 0 Å². The van der Waals surface area contributed by atoms with Crippen LogP contribution in [0.5, 0.6) is 0 Å². The molecule has 0 bridgehead atoms. The van der Waals surface area contributed by atoms with E-state index in [1.54, 1.807) is 24.3 Å². The Kier molecular flexibility index (Phi) is 4.95. The fourth-order valence-corrected chi connectivity index (χ4v) is 3.44. The molecule has 0 amide bonds. The summed E-state index contributed by atoms with van der Waals surface area (Å²) in [7, 11) is 0. The summed E-state index contributed by atoms with van der Waals surface area (Å²) in [5.74, 6) is 0. The summed E-state index contributed by atoms with van der Waals surface area (Å²) >= 11 is 3.32. The Labute approximate surface area is 178 Å². The molecule has 31 heavy (non-hydrogen) atoms. The molecule has 4 rings (SSSR count). The zero-order valence-corrected chi connectivity index (χ0v) is 16.7. The van der Waals surface area contributed by atoms with Gasteiger partial charge in [-0.1, -0.05) is 28.1 Å². The lowest BCUT2D eigenvalue weighted by Gasteiger charge is -2.14. The van der Waals surface area contributed by atoms with Crippen LogP contribution in [0.25, 0.3) is 28.2 Å². The van der Waals surface area contributed by atoms with Crippen molar-refractivity contribution in [3.63, 3.8) is 0 Å². The van der Waals surface area contributed by atoms with Gasteiger partial charge in [-0.25, -0.2) is 9.50 Å². The number of nitrogens with zero attached hydrogens (tertiary/aromatic N) is 2. The first kappa shape index (κ1) is 21.2. The van der Waals surface area contributed by atoms with Crippen LogP contribution in [0.3, 0.4) is 0 Å². The molecule has 0 radical (unpaired) electrons. The van der Waals surface area contributed by atoms with Crippen molar-refractivity contribution in [3.8, 4) is 22.5 Å². The van der Waals surface area contributed by atoms with Gasteiger partial charge in [-0.2, -0.15) is 26.3 Å². The lowest BCUT2D eigenvalue weighted by molar-refractivity contribution is -0.143. The zero-order chi connectivity index (χ0) is 22.6. The number of nitrogens with one attached hydrogen (secondary N) is 1. The molecule has 0 unspecified atom stereocenters. The van der Waals surface area contributed by atoms with Gasteiger partial charge >= 0.3 is 12.4 Å². The standard InChI is InChI=1S/C20H10BrF6N3O/c21-14-3-1-2-10(6-14)16-8-17-28-15(9-18(31)30(17)29-16)11-4-12(19(22,23)24)7-13(5-11)20(25,26)27/h1-9,29H. The van der Waals surface area contributed by atoms with E-state index >= 15 is 0 Å². The van der Waals surface area contributed by atoms with Gasteiger partial charge in [-0.3, -0.25) is 9.89 Å². The summed E-state index contributed by atoms with van der Waals surface area (Å²) in [6, 6.07) is 10.5. The first-order valence-electron chi connectivity index (χ1n) is 8.60. The predicted octanol–water partition coefficient (Wildman–Crippen LogP) is 6.16. The van der Waals surface area contributed by atoms with Crippen molar-refractivity contribution < 1.29 is 26.3 Å². The van der Waals surface area contributed by atoms with Gasteiger partial charge in [0.05, 0.1) is 22.5 Å². The van der Waals surface area contributed by atoms with E-state index in [-0.39, 0.29) is 17.4 Å². The highest BCUT2D eigenvalue weighted by Gasteiger charge is 2.37. The average Bonchev–Trinajstić information content (AvgIpc) is 3.11. The number of benzene rings is 2. The summed E-state index contributed by atoms with van der Waals surface area (Å²) in [4.78, 5) is 16.6. The summed E-state index contributed by atoms with van der Waals surface area (Å²) < 4.78 is 80.7. The molecule has 0 atom stereocenters. The zero-order valence-electron chi connectivity index (χ0n) is 15.1. The Morgan fingerprint density at radius 2 is 1.48 bits per heavy atom. The molecular formula is C20H10BrF6N3O. The fourth-order valence-electron chi connectivity index (χ4n) is 3.05. The molecule has 2 aromatic heterocycles. The highest BCUT2D eigenvalue weighted by molar-refractivity contribution is 9.10. The van der Waals surface area contributed by atoms with Crippen molar-refractivity contribution in [1.82, 2.24) is 14.6 Å². The van der Waals surface area contributed by atoms with Gasteiger partial charge in [-0.15, -0.1) is 0 Å². The smallest absolute Gasteiger partial charge is 0.289 e. The summed E-state index contributed by atoms with van der Waals surface area (Å²) in [5, 5.41) is 2.82. The highest BCUT2D eigenvalue weighted by Crippen LogP contribution is 2.38. The Bertz CT molecular complexity index is 1320. The average molecular weight is 502 g/mol. The molecule has 4 nitrogen and oxygen atoms in total. The second kappa shape index (κ2) is 7.26. The third kappa shape index (κ3) is 4.22. The second-order valence-corrected chi connectivity index (χ2v) is 7.56. The molecule has 0 saturated heterocycles. The monoisotopic (exact) mass is 501 g/mol. The Hall–Kier alpha value is -3.08. The topological polar surface area (TPSA) is 50.2 Å². The third-order valence-electron chi connectivity index (χ3n) is 4.47. The summed E-state index contributed by atoms with van der Waals surface area (Å²) in [5.41, 5.74) is -3.20. The molecule has 4 aromatic rings. The molecule has 0 fully saturated rings. The maximum atomic E-state index is 13.1. The molecule has 2 aromatic carbocycles. The molecule has 11 heteroatoms. The van der Waals surface area contributed by atoms with Crippen molar-refractivity contribution in [2.45, 2.75) is 12.4 Å². The van der Waals surface area contributed by atoms with E-state index in [0.29, 0.717) is 23.4 Å². The lowest BCUT2D eigenvalue weighted by Crippen LogP contribution is -2.15. The lowest BCUT2D eigenvalue weighted by atomic mass is 10.0. The van der Waals surface area contributed by atoms with E-state index in [0.717, 1.165) is 15.1 Å². The van der Waals surface area contributed by atoms with Crippen LogP contribution in [0.2, 0.25) is 0 Å². The van der Waals surface area contributed by atoms with E-state index in [1.807, 2.05) is 0 Å². The van der Waals surface area contributed by atoms with Crippen LogP contribution >= 0.6 is 15.9 Å². The maximum Gasteiger partial charge on any atom is 0.416 e. The number of hydrogen-bond donors (Lipinski definition) is 1. The van der Waals surface area contributed by atoms with Crippen molar-refractivity contribution in [3.05, 3.63) is 80.6 Å². The summed E-state index contributed by atoms with van der Waals surface area (Å²) in [6.45, 7) is 0. The molecule has 0 spiro atoms. The number of fused-ring (bicyclic) bond motifs is 1. The van der Waals surface area contributed by atoms with Crippen LogP contribution in [0.15, 0.2) is 63.9 Å². The number of alkyl halides is 6. The molecule has 160 valence electrons. The SMILES string of the molecule is O=c1cc(-c2cc(C(F)(F)F)cc(C(F)(F)F)c2)nc2cc(-c3cccc(Br)c3)[nH]n12. The minimum Gasteiger partial charge on any atom is -0.289 e. The predicted molar refractivity (Wildman–Crippen MR) is 104 cm³/mol. The molecule has 1 N–H and O–H groups in total. The quantitative estimate of drug-likeness (QED) is 0.334. The van der Waals surface area contributed by atoms with Crippen LogP contribution in [-0.2, 0) is 12.4 Å². The first-order valence-corrected chi connectivity index (χ1v) is 9.40. The largest absolute Gasteiger partial charge is 0.416 e. The third-order valence-corrected chi connectivity index (χ3v) is 4.96. The summed E-state index contributed by atoms with van der Waals surface area (Å²) in [6.07, 6.45) is -10.0. The first-order chi connectivity index (χ1) is 14.4. The number of halogens is 7. The number of aromatic amines is 1. The fraction of sp³-hybridized carbons (Fsp3) is 0.100. The van der Waals surface area contributed by atoms with E-state index in [1.165, 1.54) is 6.07 Å². The Morgan fingerprint density at radius 1 is 0.839 bits per heavy atom. The van der Waals surface area contributed by atoms with Gasteiger partial charge in [-0.05, 0) is 30.3 Å². The van der Waals surface area contributed by atoms with Crippen LogP contribution in [0, 0.1) is 0 Å². The van der Waals surface area contributed by atoms with E-state index in [9.17, 15) is 31.1 Å². The van der Waals surface area contributed by atoms with Crippen LogP contribution in [0.1, 0.15) is 11.1 Å². The number of H-pyrrole nitrogens is 1. The molecule has 0 aliphatic rings. The van der Waals surface area contributed by atoms with Gasteiger partial charge in [0.25, 0.3) is 5.56 Å². The minimum atomic E-state index is -5.00. The molecule has 0 saturated carbocycles. The van der Waals surface area contributed by atoms with Gasteiger partial charge in [0.1, 0.15) is 0 Å². The Balaban J connectivity index is 1.90. The molecule has 0 aliphatic heterocycles. The highest BCUT2D eigenvalue weighted by atomic mass is 79.9.